The summed E-state index contributed by atoms with van der Waals surface area (Å²) in [5, 5.41) is 3.63. The van der Waals surface area contributed by atoms with Crippen molar-refractivity contribution in [1.82, 2.24) is 10.2 Å². The number of benzene rings is 2. The summed E-state index contributed by atoms with van der Waals surface area (Å²) in [7, 11) is 0. The lowest BCUT2D eigenvalue weighted by Crippen LogP contribution is -2.28. The highest BCUT2D eigenvalue weighted by molar-refractivity contribution is 5.27. The van der Waals surface area contributed by atoms with Gasteiger partial charge in [0.2, 0.25) is 0 Å². The van der Waals surface area contributed by atoms with Crippen molar-refractivity contribution in [3.8, 4) is 5.75 Å². The second-order valence-corrected chi connectivity index (χ2v) is 6.87. The lowest BCUT2D eigenvalue weighted by atomic mass is 10.1. The first-order valence-electron chi connectivity index (χ1n) is 9.92. The number of nitrogens with zero attached hydrogens (tertiary/aromatic N) is 1. The highest BCUT2D eigenvalue weighted by atomic mass is 16.5. The molecule has 2 rings (SSSR count). The van der Waals surface area contributed by atoms with Gasteiger partial charge in [-0.15, -0.1) is 0 Å². The summed E-state index contributed by atoms with van der Waals surface area (Å²) >= 11 is 0. The Kier molecular flexibility index (Phi) is 9.22. The number of hydrogen-bond donors (Lipinski definition) is 1. The summed E-state index contributed by atoms with van der Waals surface area (Å²) in [5.74, 6) is 0.921. The van der Waals surface area contributed by atoms with Crippen LogP contribution >= 0.6 is 0 Å². The van der Waals surface area contributed by atoms with Crippen molar-refractivity contribution >= 4 is 0 Å². The van der Waals surface area contributed by atoms with Crippen molar-refractivity contribution in [3.05, 3.63) is 65.7 Å². The Balaban J connectivity index is 1.66. The van der Waals surface area contributed by atoms with Crippen molar-refractivity contribution in [2.24, 2.45) is 0 Å². The van der Waals surface area contributed by atoms with E-state index in [1.54, 1.807) is 0 Å². The Morgan fingerprint density at radius 3 is 2.27 bits per heavy atom. The van der Waals surface area contributed by atoms with Crippen LogP contribution in [0.3, 0.4) is 0 Å². The minimum absolute atomic E-state index is 0.541. The number of rotatable bonds is 12. The molecule has 0 radical (unpaired) electrons. The standard InChI is InChI=1S/C23H34N2O/c1-4-25(5-2)17-9-10-20(3)24-18-21-13-15-23(16-14-21)26-19-22-11-7-6-8-12-22/h6-8,11-16,20,24H,4-5,9-10,17-19H2,1-3H3. The van der Waals surface area contributed by atoms with Crippen LogP contribution in [0.2, 0.25) is 0 Å². The summed E-state index contributed by atoms with van der Waals surface area (Å²) in [6.07, 6.45) is 2.47. The van der Waals surface area contributed by atoms with E-state index < -0.39 is 0 Å². The fourth-order valence-electron chi connectivity index (χ4n) is 3.00. The molecule has 1 N–H and O–H groups in total. The van der Waals surface area contributed by atoms with Gasteiger partial charge in [-0.25, -0.2) is 0 Å². The van der Waals surface area contributed by atoms with E-state index in [1.165, 1.54) is 30.5 Å². The molecule has 0 heterocycles. The first-order chi connectivity index (χ1) is 12.7. The van der Waals surface area contributed by atoms with E-state index in [2.05, 4.69) is 67.4 Å². The molecule has 0 aliphatic heterocycles. The minimum atomic E-state index is 0.541. The molecule has 0 amide bonds. The normalized spacial score (nSPS) is 12.3. The predicted octanol–water partition coefficient (Wildman–Crippen LogP) is 4.87. The predicted molar refractivity (Wildman–Crippen MR) is 111 cm³/mol. The van der Waals surface area contributed by atoms with Gasteiger partial charge >= 0.3 is 0 Å². The number of nitrogens with one attached hydrogen (secondary N) is 1. The molecule has 3 nitrogen and oxygen atoms in total. The molecule has 0 fully saturated rings. The molecule has 0 saturated carbocycles. The first-order valence-corrected chi connectivity index (χ1v) is 9.92. The van der Waals surface area contributed by atoms with Gasteiger partial charge in [0.15, 0.2) is 0 Å². The third kappa shape index (κ3) is 7.59. The molecule has 1 atom stereocenters. The summed E-state index contributed by atoms with van der Waals surface area (Å²) in [5.41, 5.74) is 2.49. The van der Waals surface area contributed by atoms with Crippen LogP contribution in [0.1, 0.15) is 44.7 Å². The molecule has 1 unspecified atom stereocenters. The highest BCUT2D eigenvalue weighted by Crippen LogP contribution is 2.14. The van der Waals surface area contributed by atoms with E-state index in [1.807, 2.05) is 18.2 Å². The van der Waals surface area contributed by atoms with E-state index in [9.17, 15) is 0 Å². The summed E-state index contributed by atoms with van der Waals surface area (Å²) < 4.78 is 5.84. The fourth-order valence-corrected chi connectivity index (χ4v) is 3.00. The topological polar surface area (TPSA) is 24.5 Å². The van der Waals surface area contributed by atoms with Crippen molar-refractivity contribution in [2.75, 3.05) is 19.6 Å². The fraction of sp³-hybridized carbons (Fsp3) is 0.478. The van der Waals surface area contributed by atoms with Crippen LogP contribution in [-0.2, 0) is 13.2 Å². The van der Waals surface area contributed by atoms with Gasteiger partial charge in [-0.2, -0.15) is 0 Å². The van der Waals surface area contributed by atoms with E-state index in [-0.39, 0.29) is 0 Å². The summed E-state index contributed by atoms with van der Waals surface area (Å²) in [6, 6.07) is 19.2. The molecule has 3 heteroatoms. The molecular formula is C23H34N2O. The third-order valence-corrected chi connectivity index (χ3v) is 4.83. The largest absolute Gasteiger partial charge is 0.489 e. The van der Waals surface area contributed by atoms with Gasteiger partial charge < -0.3 is 15.0 Å². The molecule has 2 aromatic rings. The average Bonchev–Trinajstić information content (AvgIpc) is 2.69. The van der Waals surface area contributed by atoms with Gasteiger partial charge in [-0.1, -0.05) is 56.3 Å². The van der Waals surface area contributed by atoms with Crippen LogP contribution in [0.5, 0.6) is 5.75 Å². The molecule has 2 aromatic carbocycles. The molecule has 0 bridgehead atoms. The van der Waals surface area contributed by atoms with Crippen molar-refractivity contribution in [3.63, 3.8) is 0 Å². The SMILES string of the molecule is CCN(CC)CCCC(C)NCc1ccc(OCc2ccccc2)cc1. The maximum absolute atomic E-state index is 5.84. The van der Waals surface area contributed by atoms with E-state index in [0.29, 0.717) is 12.6 Å². The van der Waals surface area contributed by atoms with Gasteiger partial charge in [0.1, 0.15) is 12.4 Å². The van der Waals surface area contributed by atoms with Gasteiger partial charge in [-0.3, -0.25) is 0 Å². The van der Waals surface area contributed by atoms with E-state index in [4.69, 9.17) is 4.74 Å². The van der Waals surface area contributed by atoms with E-state index >= 15 is 0 Å². The Bertz CT molecular complexity index is 593. The second-order valence-electron chi connectivity index (χ2n) is 6.87. The zero-order valence-corrected chi connectivity index (χ0v) is 16.6. The van der Waals surface area contributed by atoms with Crippen LogP contribution < -0.4 is 10.1 Å². The molecule has 0 aromatic heterocycles. The first kappa shape index (κ1) is 20.5. The molecule has 142 valence electrons. The monoisotopic (exact) mass is 354 g/mol. The zero-order chi connectivity index (χ0) is 18.6. The molecule has 0 aliphatic carbocycles. The van der Waals surface area contributed by atoms with E-state index in [0.717, 1.165) is 25.4 Å². The van der Waals surface area contributed by atoms with Gasteiger partial charge in [0.25, 0.3) is 0 Å². The van der Waals surface area contributed by atoms with Gasteiger partial charge in [0, 0.05) is 12.6 Å². The Morgan fingerprint density at radius 1 is 0.923 bits per heavy atom. The molecule has 0 aliphatic rings. The molecule has 0 spiro atoms. The Hall–Kier alpha value is -1.84. The highest BCUT2D eigenvalue weighted by Gasteiger charge is 2.04. The molecule has 26 heavy (non-hydrogen) atoms. The minimum Gasteiger partial charge on any atom is -0.489 e. The van der Waals surface area contributed by atoms with Crippen molar-refractivity contribution in [1.29, 1.82) is 0 Å². The lowest BCUT2D eigenvalue weighted by molar-refractivity contribution is 0.290. The molecule has 0 saturated heterocycles. The quantitative estimate of drug-likeness (QED) is 0.589. The van der Waals surface area contributed by atoms with Crippen LogP contribution in [0.15, 0.2) is 54.6 Å². The number of hydrogen-bond acceptors (Lipinski definition) is 3. The third-order valence-electron chi connectivity index (χ3n) is 4.83. The Morgan fingerprint density at radius 2 is 1.62 bits per heavy atom. The smallest absolute Gasteiger partial charge is 0.119 e. The average molecular weight is 355 g/mol. The number of ether oxygens (including phenoxy) is 1. The Labute approximate surface area is 159 Å². The lowest BCUT2D eigenvalue weighted by Gasteiger charge is -2.19. The second kappa shape index (κ2) is 11.7. The van der Waals surface area contributed by atoms with Crippen LogP contribution in [-0.4, -0.2) is 30.6 Å². The maximum atomic E-state index is 5.84. The zero-order valence-electron chi connectivity index (χ0n) is 16.6. The van der Waals surface area contributed by atoms with Gasteiger partial charge in [0.05, 0.1) is 0 Å². The van der Waals surface area contributed by atoms with Crippen LogP contribution in [0, 0.1) is 0 Å². The van der Waals surface area contributed by atoms with Crippen LogP contribution in [0.4, 0.5) is 0 Å². The summed E-state index contributed by atoms with van der Waals surface area (Å²) in [4.78, 5) is 2.49. The summed E-state index contributed by atoms with van der Waals surface area (Å²) in [6.45, 7) is 11.8. The molecular weight excluding hydrogens is 320 g/mol. The van der Waals surface area contributed by atoms with Crippen molar-refractivity contribution in [2.45, 2.75) is 52.8 Å². The van der Waals surface area contributed by atoms with Crippen molar-refractivity contribution < 1.29 is 4.74 Å². The maximum Gasteiger partial charge on any atom is 0.119 e. The van der Waals surface area contributed by atoms with Gasteiger partial charge in [-0.05, 0) is 62.7 Å². The van der Waals surface area contributed by atoms with Crippen LogP contribution in [0.25, 0.3) is 0 Å².